The quantitative estimate of drug-likeness (QED) is 0.662. The van der Waals surface area contributed by atoms with E-state index in [-0.39, 0.29) is 13.0 Å². The molecule has 0 fully saturated rings. The summed E-state index contributed by atoms with van der Waals surface area (Å²) in [6, 6.07) is 1.48. The molecule has 0 spiro atoms. The van der Waals surface area contributed by atoms with Crippen molar-refractivity contribution in [1.82, 2.24) is 10.2 Å². The monoisotopic (exact) mass is 285 g/mol. The van der Waals surface area contributed by atoms with Crippen LogP contribution in [0.1, 0.15) is 33.1 Å². The minimum Gasteiger partial charge on any atom is -0.480 e. The van der Waals surface area contributed by atoms with Crippen molar-refractivity contribution in [3.05, 3.63) is 0 Å². The lowest BCUT2D eigenvalue weighted by Crippen LogP contribution is -2.57. The van der Waals surface area contributed by atoms with Crippen LogP contribution in [0.2, 0.25) is 0 Å². The van der Waals surface area contributed by atoms with Gasteiger partial charge in [0.05, 0.1) is 19.1 Å². The third-order valence-electron chi connectivity index (χ3n) is 3.31. The van der Waals surface area contributed by atoms with Crippen LogP contribution in [0.15, 0.2) is 0 Å². The minimum atomic E-state index is -1.27. The molecule has 114 valence electrons. The van der Waals surface area contributed by atoms with Crippen LogP contribution in [0.3, 0.4) is 0 Å². The van der Waals surface area contributed by atoms with Crippen molar-refractivity contribution in [3.8, 4) is 6.07 Å². The van der Waals surface area contributed by atoms with Crippen molar-refractivity contribution in [2.24, 2.45) is 0 Å². The summed E-state index contributed by atoms with van der Waals surface area (Å²) in [4.78, 5) is 24.9. The molecule has 0 atom stereocenters. The first-order valence-corrected chi connectivity index (χ1v) is 6.63. The Balaban J connectivity index is 4.87. The molecule has 7 heteroatoms. The van der Waals surface area contributed by atoms with Crippen molar-refractivity contribution in [3.63, 3.8) is 0 Å². The maximum absolute atomic E-state index is 12.2. The second kappa shape index (κ2) is 9.15. The topological polar surface area (TPSA) is 103 Å². The van der Waals surface area contributed by atoms with Gasteiger partial charge in [-0.2, -0.15) is 5.26 Å². The second-order valence-electron chi connectivity index (χ2n) is 4.41. The molecule has 0 aliphatic rings. The number of nitrogens with zero attached hydrogens (tertiary/aromatic N) is 2. The number of amides is 2. The molecule has 0 heterocycles. The first-order valence-electron chi connectivity index (χ1n) is 6.63. The highest BCUT2D eigenvalue weighted by molar-refractivity contribution is 5.86. The standard InChI is InChI=1S/C13H23N3O4/c1-4-13(5-2,11(17)18)15-12(19)16(8-6-7-14)9-10-20-3/h4-6,8-10H2,1-3H3,(H,15,19)(H,17,18). The smallest absolute Gasteiger partial charge is 0.329 e. The van der Waals surface area contributed by atoms with Gasteiger partial charge in [0.1, 0.15) is 5.54 Å². The van der Waals surface area contributed by atoms with E-state index >= 15 is 0 Å². The van der Waals surface area contributed by atoms with Crippen LogP contribution in [0.25, 0.3) is 0 Å². The zero-order valence-corrected chi connectivity index (χ0v) is 12.3. The SMILES string of the molecule is CCC(CC)(NC(=O)N(CCC#N)CCOC)C(=O)O. The maximum atomic E-state index is 12.2. The van der Waals surface area contributed by atoms with Gasteiger partial charge in [-0.05, 0) is 12.8 Å². The Kier molecular flexibility index (Phi) is 8.32. The number of urea groups is 1. The van der Waals surface area contributed by atoms with E-state index in [0.717, 1.165) is 0 Å². The van der Waals surface area contributed by atoms with Gasteiger partial charge in [-0.25, -0.2) is 9.59 Å². The number of ether oxygens (including phenoxy) is 1. The van der Waals surface area contributed by atoms with Gasteiger partial charge in [-0.1, -0.05) is 13.8 Å². The fourth-order valence-electron chi connectivity index (χ4n) is 1.77. The van der Waals surface area contributed by atoms with E-state index in [1.165, 1.54) is 12.0 Å². The number of carboxylic acid groups (broad SMARTS) is 1. The number of carbonyl (C=O) groups is 2. The molecule has 0 aromatic heterocycles. The summed E-state index contributed by atoms with van der Waals surface area (Å²) in [6.45, 7) is 4.32. The number of hydrogen-bond acceptors (Lipinski definition) is 4. The zero-order chi connectivity index (χ0) is 15.6. The molecule has 0 unspecified atom stereocenters. The van der Waals surface area contributed by atoms with E-state index in [0.29, 0.717) is 26.0 Å². The summed E-state index contributed by atoms with van der Waals surface area (Å²) in [6.07, 6.45) is 0.775. The third kappa shape index (κ3) is 5.05. The lowest BCUT2D eigenvalue weighted by atomic mass is 9.93. The van der Waals surface area contributed by atoms with Crippen molar-refractivity contribution < 1.29 is 19.4 Å². The van der Waals surface area contributed by atoms with Gasteiger partial charge in [0.2, 0.25) is 0 Å². The number of carboxylic acids is 1. The van der Waals surface area contributed by atoms with Gasteiger partial charge in [0.25, 0.3) is 0 Å². The van der Waals surface area contributed by atoms with Crippen molar-refractivity contribution >= 4 is 12.0 Å². The summed E-state index contributed by atoms with van der Waals surface area (Å²) in [5.74, 6) is -1.05. The normalized spacial score (nSPS) is 10.7. The van der Waals surface area contributed by atoms with Crippen LogP contribution in [0, 0.1) is 11.3 Å². The van der Waals surface area contributed by atoms with E-state index in [1.54, 1.807) is 13.8 Å². The first kappa shape index (κ1) is 18.2. The Morgan fingerprint density at radius 2 is 1.95 bits per heavy atom. The Morgan fingerprint density at radius 3 is 2.35 bits per heavy atom. The highest BCUT2D eigenvalue weighted by atomic mass is 16.5. The van der Waals surface area contributed by atoms with Crippen LogP contribution < -0.4 is 5.32 Å². The first-order chi connectivity index (χ1) is 9.47. The molecule has 0 aromatic carbocycles. The molecule has 0 aromatic rings. The minimum absolute atomic E-state index is 0.190. The van der Waals surface area contributed by atoms with Gasteiger partial charge < -0.3 is 20.1 Å². The molecule has 0 saturated heterocycles. The summed E-state index contributed by atoms with van der Waals surface area (Å²) in [5, 5.41) is 20.5. The van der Waals surface area contributed by atoms with Crippen LogP contribution in [0.5, 0.6) is 0 Å². The molecule has 7 nitrogen and oxygen atoms in total. The highest BCUT2D eigenvalue weighted by Gasteiger charge is 2.37. The molecule has 0 aliphatic carbocycles. The van der Waals surface area contributed by atoms with Gasteiger partial charge >= 0.3 is 12.0 Å². The van der Waals surface area contributed by atoms with Crippen molar-refractivity contribution in [2.45, 2.75) is 38.6 Å². The zero-order valence-electron chi connectivity index (χ0n) is 12.3. The molecule has 20 heavy (non-hydrogen) atoms. The van der Waals surface area contributed by atoms with E-state index in [2.05, 4.69) is 5.32 Å². The van der Waals surface area contributed by atoms with E-state index < -0.39 is 17.5 Å². The van der Waals surface area contributed by atoms with Crippen LogP contribution in [-0.2, 0) is 9.53 Å². The number of nitriles is 1. The van der Waals surface area contributed by atoms with Crippen LogP contribution in [0.4, 0.5) is 4.79 Å². The molecular formula is C13H23N3O4. The Bertz CT molecular complexity index is 361. The summed E-state index contributed by atoms with van der Waals surface area (Å²) in [5.41, 5.74) is -1.27. The molecule has 2 amide bonds. The maximum Gasteiger partial charge on any atom is 0.329 e. The van der Waals surface area contributed by atoms with Crippen molar-refractivity contribution in [2.75, 3.05) is 26.8 Å². The molecule has 0 bridgehead atoms. The van der Waals surface area contributed by atoms with Gasteiger partial charge in [0.15, 0.2) is 0 Å². The van der Waals surface area contributed by atoms with Crippen LogP contribution in [-0.4, -0.2) is 54.4 Å². The Labute approximate surface area is 119 Å². The number of nitrogens with one attached hydrogen (secondary N) is 1. The highest BCUT2D eigenvalue weighted by Crippen LogP contribution is 2.16. The van der Waals surface area contributed by atoms with Gasteiger partial charge in [-0.3, -0.25) is 0 Å². The number of rotatable bonds is 9. The molecule has 0 aliphatic heterocycles. The predicted octanol–water partition coefficient (Wildman–Crippen LogP) is 1.20. The molecular weight excluding hydrogens is 262 g/mol. The molecule has 0 rings (SSSR count). The number of methoxy groups -OCH3 is 1. The average Bonchev–Trinajstić information content (AvgIpc) is 2.44. The predicted molar refractivity (Wildman–Crippen MR) is 73.2 cm³/mol. The summed E-state index contributed by atoms with van der Waals surface area (Å²) in [7, 11) is 1.51. The fourth-order valence-corrected chi connectivity index (χ4v) is 1.77. The van der Waals surface area contributed by atoms with Crippen LogP contribution >= 0.6 is 0 Å². The molecule has 0 radical (unpaired) electrons. The average molecular weight is 285 g/mol. The van der Waals surface area contributed by atoms with E-state index in [4.69, 9.17) is 10.00 Å². The van der Waals surface area contributed by atoms with Crippen molar-refractivity contribution in [1.29, 1.82) is 5.26 Å². The Hall–Kier alpha value is -1.81. The third-order valence-corrected chi connectivity index (χ3v) is 3.31. The van der Waals surface area contributed by atoms with E-state index in [1.807, 2.05) is 6.07 Å². The lowest BCUT2D eigenvalue weighted by molar-refractivity contribution is -0.144. The Morgan fingerprint density at radius 1 is 1.35 bits per heavy atom. The summed E-state index contributed by atoms with van der Waals surface area (Å²) >= 11 is 0. The number of carbonyl (C=O) groups excluding carboxylic acids is 1. The second-order valence-corrected chi connectivity index (χ2v) is 4.41. The summed E-state index contributed by atoms with van der Waals surface area (Å²) < 4.78 is 4.91. The fraction of sp³-hybridized carbons (Fsp3) is 0.769. The van der Waals surface area contributed by atoms with E-state index in [9.17, 15) is 14.7 Å². The number of aliphatic carboxylic acids is 1. The van der Waals surface area contributed by atoms with Gasteiger partial charge in [0, 0.05) is 20.2 Å². The molecule has 2 N–H and O–H groups in total. The van der Waals surface area contributed by atoms with Gasteiger partial charge in [-0.15, -0.1) is 0 Å². The number of hydrogen-bond donors (Lipinski definition) is 2. The molecule has 0 saturated carbocycles. The lowest BCUT2D eigenvalue weighted by Gasteiger charge is -2.31. The largest absolute Gasteiger partial charge is 0.480 e.